The van der Waals surface area contributed by atoms with Crippen LogP contribution < -0.4 is 0 Å². The number of hydrogen-bond acceptors (Lipinski definition) is 2. The van der Waals surface area contributed by atoms with Crippen LogP contribution in [0.25, 0.3) is 0 Å². The van der Waals surface area contributed by atoms with E-state index in [0.29, 0.717) is 0 Å². The first-order valence-electron chi connectivity index (χ1n) is 6.04. The monoisotopic (exact) mass is 199 g/mol. The molecule has 0 saturated carbocycles. The maximum absolute atomic E-state index is 9.41. The lowest BCUT2D eigenvalue weighted by atomic mass is 9.91. The molecule has 1 unspecified atom stereocenters. The van der Waals surface area contributed by atoms with Gasteiger partial charge in [-0.1, -0.05) is 33.6 Å². The lowest BCUT2D eigenvalue weighted by Crippen LogP contribution is -2.29. The van der Waals surface area contributed by atoms with E-state index < -0.39 is 0 Å². The van der Waals surface area contributed by atoms with Gasteiger partial charge in [0.25, 0.3) is 0 Å². The minimum absolute atomic E-state index is 0.0660. The Kier molecular flexibility index (Phi) is 4.90. The molecule has 0 aromatic carbocycles. The molecule has 84 valence electrons. The molecule has 1 aliphatic heterocycles. The number of β-amino-alcohol motifs (C(OH)–C–C–N with tert-alkyl or cyclic N) is 1. The highest BCUT2D eigenvalue weighted by molar-refractivity contribution is 4.77. The second-order valence-electron chi connectivity index (χ2n) is 4.95. The second-order valence-corrected chi connectivity index (χ2v) is 4.95. The quantitative estimate of drug-likeness (QED) is 0.733. The molecular weight excluding hydrogens is 174 g/mol. The van der Waals surface area contributed by atoms with Crippen LogP contribution in [0.2, 0.25) is 0 Å². The molecule has 0 aromatic heterocycles. The summed E-state index contributed by atoms with van der Waals surface area (Å²) in [4.78, 5) is 2.40. The summed E-state index contributed by atoms with van der Waals surface area (Å²) in [5, 5.41) is 9.41. The highest BCUT2D eigenvalue weighted by atomic mass is 16.3. The molecule has 1 fully saturated rings. The van der Waals surface area contributed by atoms with Crippen molar-refractivity contribution >= 4 is 0 Å². The van der Waals surface area contributed by atoms with Crippen molar-refractivity contribution in [3.05, 3.63) is 0 Å². The Morgan fingerprint density at radius 1 is 1.36 bits per heavy atom. The number of nitrogens with zero attached hydrogens (tertiary/aromatic N) is 1. The van der Waals surface area contributed by atoms with Crippen LogP contribution in [0, 0.1) is 11.8 Å². The van der Waals surface area contributed by atoms with Crippen molar-refractivity contribution in [1.82, 2.24) is 4.90 Å². The van der Waals surface area contributed by atoms with Gasteiger partial charge >= 0.3 is 0 Å². The Balaban J connectivity index is 2.22. The van der Waals surface area contributed by atoms with Crippen molar-refractivity contribution in [3.63, 3.8) is 0 Å². The molecule has 0 amide bonds. The van der Waals surface area contributed by atoms with Crippen molar-refractivity contribution in [3.8, 4) is 0 Å². The fourth-order valence-corrected chi connectivity index (χ4v) is 2.31. The molecule has 0 radical (unpaired) electrons. The maximum atomic E-state index is 9.41. The van der Waals surface area contributed by atoms with Crippen LogP contribution in [0.5, 0.6) is 0 Å². The van der Waals surface area contributed by atoms with Gasteiger partial charge in [0.2, 0.25) is 0 Å². The van der Waals surface area contributed by atoms with Gasteiger partial charge in [0.15, 0.2) is 0 Å². The van der Waals surface area contributed by atoms with E-state index in [1.54, 1.807) is 0 Å². The summed E-state index contributed by atoms with van der Waals surface area (Å²) in [5.74, 6) is 1.58. The van der Waals surface area contributed by atoms with E-state index in [9.17, 15) is 5.11 Å². The summed E-state index contributed by atoms with van der Waals surface area (Å²) in [6.07, 6.45) is 3.52. The minimum Gasteiger partial charge on any atom is -0.392 e. The van der Waals surface area contributed by atoms with Gasteiger partial charge in [0, 0.05) is 19.6 Å². The van der Waals surface area contributed by atoms with E-state index >= 15 is 0 Å². The molecule has 1 heterocycles. The zero-order valence-corrected chi connectivity index (χ0v) is 9.87. The van der Waals surface area contributed by atoms with Crippen LogP contribution in [-0.4, -0.2) is 35.7 Å². The predicted octanol–water partition coefficient (Wildman–Crippen LogP) is 2.13. The first-order chi connectivity index (χ1) is 6.63. The van der Waals surface area contributed by atoms with Crippen molar-refractivity contribution in [2.75, 3.05) is 19.6 Å². The van der Waals surface area contributed by atoms with Crippen LogP contribution in [0.4, 0.5) is 0 Å². The molecule has 1 N–H and O–H groups in total. The number of hydrogen-bond donors (Lipinski definition) is 1. The molecular formula is C12H25NO. The third-order valence-electron chi connectivity index (χ3n) is 3.51. The molecule has 2 nitrogen and oxygen atoms in total. The normalized spacial score (nSPS) is 27.9. The molecule has 0 aliphatic carbocycles. The average Bonchev–Trinajstić information content (AvgIpc) is 2.51. The van der Waals surface area contributed by atoms with Gasteiger partial charge < -0.3 is 10.0 Å². The highest BCUT2D eigenvalue weighted by Crippen LogP contribution is 2.20. The standard InChI is InChI=1S/C12H25NO/c1-4-5-10(2)11(3)8-13-7-6-12(14)9-13/h10-12,14H,4-9H2,1-3H3/t10?,11-,12+/m1/s1. The van der Waals surface area contributed by atoms with Gasteiger partial charge in [-0.2, -0.15) is 0 Å². The van der Waals surface area contributed by atoms with Gasteiger partial charge in [-0.3, -0.25) is 0 Å². The third kappa shape index (κ3) is 3.58. The topological polar surface area (TPSA) is 23.5 Å². The second kappa shape index (κ2) is 5.72. The summed E-state index contributed by atoms with van der Waals surface area (Å²) >= 11 is 0. The SMILES string of the molecule is CCCC(C)[C@H](C)CN1CC[C@H](O)C1. The summed E-state index contributed by atoms with van der Waals surface area (Å²) in [7, 11) is 0. The van der Waals surface area contributed by atoms with Crippen LogP contribution in [0.1, 0.15) is 40.0 Å². The van der Waals surface area contributed by atoms with Gasteiger partial charge in [-0.15, -0.1) is 0 Å². The highest BCUT2D eigenvalue weighted by Gasteiger charge is 2.23. The Bertz CT molecular complexity index is 160. The molecule has 0 aromatic rings. The van der Waals surface area contributed by atoms with Crippen LogP contribution in [0.3, 0.4) is 0 Å². The number of aliphatic hydroxyl groups excluding tert-OH is 1. The van der Waals surface area contributed by atoms with E-state index in [-0.39, 0.29) is 6.10 Å². The van der Waals surface area contributed by atoms with E-state index in [1.165, 1.54) is 12.8 Å². The van der Waals surface area contributed by atoms with E-state index in [1.807, 2.05) is 0 Å². The van der Waals surface area contributed by atoms with Gasteiger partial charge in [0.05, 0.1) is 6.10 Å². The average molecular weight is 199 g/mol. The first-order valence-corrected chi connectivity index (χ1v) is 6.04. The van der Waals surface area contributed by atoms with Crippen LogP contribution in [-0.2, 0) is 0 Å². The Morgan fingerprint density at radius 2 is 2.07 bits per heavy atom. The Labute approximate surface area is 88.3 Å². The lowest BCUT2D eigenvalue weighted by molar-refractivity contribution is 0.163. The van der Waals surface area contributed by atoms with E-state index in [0.717, 1.165) is 37.9 Å². The number of likely N-dealkylation sites (tertiary alicyclic amines) is 1. The first kappa shape index (κ1) is 12.0. The Morgan fingerprint density at radius 3 is 2.57 bits per heavy atom. The molecule has 0 bridgehead atoms. The van der Waals surface area contributed by atoms with Crippen molar-refractivity contribution < 1.29 is 5.11 Å². The van der Waals surface area contributed by atoms with Crippen LogP contribution >= 0.6 is 0 Å². The Hall–Kier alpha value is -0.0800. The molecule has 1 saturated heterocycles. The molecule has 1 rings (SSSR count). The van der Waals surface area contributed by atoms with Gasteiger partial charge in [-0.05, 0) is 18.3 Å². The third-order valence-corrected chi connectivity index (χ3v) is 3.51. The van der Waals surface area contributed by atoms with E-state index in [2.05, 4.69) is 25.7 Å². The number of rotatable bonds is 5. The molecule has 0 spiro atoms. The van der Waals surface area contributed by atoms with Gasteiger partial charge in [-0.25, -0.2) is 0 Å². The van der Waals surface area contributed by atoms with Crippen molar-refractivity contribution in [2.24, 2.45) is 11.8 Å². The molecule has 14 heavy (non-hydrogen) atoms. The summed E-state index contributed by atoms with van der Waals surface area (Å²) in [5.41, 5.74) is 0. The fraction of sp³-hybridized carbons (Fsp3) is 1.00. The molecule has 2 heteroatoms. The van der Waals surface area contributed by atoms with Crippen LogP contribution in [0.15, 0.2) is 0 Å². The largest absolute Gasteiger partial charge is 0.392 e. The predicted molar refractivity (Wildman–Crippen MR) is 60.3 cm³/mol. The van der Waals surface area contributed by atoms with Crippen molar-refractivity contribution in [1.29, 1.82) is 0 Å². The molecule has 1 aliphatic rings. The van der Waals surface area contributed by atoms with E-state index in [4.69, 9.17) is 0 Å². The zero-order valence-electron chi connectivity index (χ0n) is 9.87. The summed E-state index contributed by atoms with van der Waals surface area (Å²) < 4.78 is 0. The summed E-state index contributed by atoms with van der Waals surface area (Å²) in [6, 6.07) is 0. The summed E-state index contributed by atoms with van der Waals surface area (Å²) in [6.45, 7) is 10.1. The van der Waals surface area contributed by atoms with Gasteiger partial charge in [0.1, 0.15) is 0 Å². The zero-order chi connectivity index (χ0) is 10.6. The smallest absolute Gasteiger partial charge is 0.0679 e. The minimum atomic E-state index is -0.0660. The van der Waals surface area contributed by atoms with Crippen molar-refractivity contribution in [2.45, 2.75) is 46.1 Å². The maximum Gasteiger partial charge on any atom is 0.0679 e. The molecule has 3 atom stereocenters. The fourth-order valence-electron chi connectivity index (χ4n) is 2.31. The lowest BCUT2D eigenvalue weighted by Gasteiger charge is -2.25. The number of aliphatic hydroxyl groups is 1.